The van der Waals surface area contributed by atoms with Gasteiger partial charge in [-0.25, -0.2) is 4.99 Å². The smallest absolute Gasteiger partial charge is 0.196 e. The number of hydrogen-bond acceptors (Lipinski definition) is 6. The molecule has 1 atom stereocenters. The lowest BCUT2D eigenvalue weighted by atomic mass is 9.76. The molecule has 0 fully saturated rings. The first kappa shape index (κ1) is 22.9. The minimum atomic E-state index is -0.546. The van der Waals surface area contributed by atoms with E-state index in [1.54, 1.807) is 24.3 Å². The van der Waals surface area contributed by atoms with Crippen LogP contribution in [0.25, 0.3) is 0 Å². The van der Waals surface area contributed by atoms with Crippen molar-refractivity contribution in [3.05, 3.63) is 117 Å². The molecule has 0 spiro atoms. The second kappa shape index (κ2) is 8.92. The van der Waals surface area contributed by atoms with Crippen LogP contribution in [-0.4, -0.2) is 47.9 Å². The normalized spacial score (nSPS) is 19.8. The number of aliphatic imine (C=N–C) groups is 1. The lowest BCUT2D eigenvalue weighted by Gasteiger charge is -2.34. The van der Waals surface area contributed by atoms with Crippen LogP contribution in [-0.2, 0) is 13.0 Å². The molecule has 38 heavy (non-hydrogen) atoms. The average Bonchev–Trinajstić information content (AvgIpc) is 2.94. The molecule has 0 radical (unpaired) electrons. The summed E-state index contributed by atoms with van der Waals surface area (Å²) in [7, 11) is 0. The number of fused-ring (bicyclic) bond motifs is 5. The molecule has 1 N–H and O–H groups in total. The third kappa shape index (κ3) is 3.72. The summed E-state index contributed by atoms with van der Waals surface area (Å²) < 4.78 is 6.32. The number of ketones is 2. The number of benzene rings is 3. The van der Waals surface area contributed by atoms with E-state index in [4.69, 9.17) is 9.73 Å². The van der Waals surface area contributed by atoms with Crippen molar-refractivity contribution in [1.82, 2.24) is 10.2 Å². The van der Waals surface area contributed by atoms with E-state index in [2.05, 4.69) is 34.5 Å². The number of nitrogens with zero attached hydrogens (tertiary/aromatic N) is 2. The zero-order valence-corrected chi connectivity index (χ0v) is 21.2. The zero-order chi connectivity index (χ0) is 25.8. The van der Waals surface area contributed by atoms with Crippen LogP contribution in [0.1, 0.15) is 37.4 Å². The highest BCUT2D eigenvalue weighted by atomic mass is 16.5. The number of nitrogens with one attached hydrogen (secondary N) is 1. The van der Waals surface area contributed by atoms with Gasteiger partial charge in [0.1, 0.15) is 11.4 Å². The maximum absolute atomic E-state index is 13.8. The van der Waals surface area contributed by atoms with Gasteiger partial charge in [0, 0.05) is 43.0 Å². The van der Waals surface area contributed by atoms with Gasteiger partial charge < -0.3 is 10.1 Å². The van der Waals surface area contributed by atoms with Crippen molar-refractivity contribution in [2.24, 2.45) is 4.99 Å². The number of rotatable bonds is 4. The molecule has 3 aromatic rings. The van der Waals surface area contributed by atoms with Crippen molar-refractivity contribution in [3.8, 4) is 5.75 Å². The predicted octanol–water partition coefficient (Wildman–Crippen LogP) is 4.75. The fourth-order valence-corrected chi connectivity index (χ4v) is 5.86. The molecular formula is C32H27N3O3. The SMILES string of the molecule is Cc1ccc2c(c1)N=C1C3=C(C(=O)c4ccccc4C3=O)C(NCCN3CCc4ccccc4C3)=CC1O2. The number of aryl methyl sites for hydroxylation is 1. The monoisotopic (exact) mass is 501 g/mol. The third-order valence-corrected chi connectivity index (χ3v) is 7.80. The van der Waals surface area contributed by atoms with Crippen LogP contribution in [0.5, 0.6) is 5.75 Å². The fourth-order valence-electron chi connectivity index (χ4n) is 5.86. The molecule has 3 aromatic carbocycles. The second-order valence-corrected chi connectivity index (χ2v) is 10.3. The van der Waals surface area contributed by atoms with Crippen LogP contribution in [0.4, 0.5) is 5.69 Å². The Hall–Kier alpha value is -4.29. The topological polar surface area (TPSA) is 71.0 Å². The van der Waals surface area contributed by atoms with Crippen LogP contribution >= 0.6 is 0 Å². The first-order valence-corrected chi connectivity index (χ1v) is 13.1. The highest BCUT2D eigenvalue weighted by Gasteiger charge is 2.43. The molecule has 2 heterocycles. The number of carbonyl (C=O) groups excluding carboxylic acids is 2. The van der Waals surface area contributed by atoms with Gasteiger partial charge in [-0.3, -0.25) is 14.5 Å². The molecule has 6 nitrogen and oxygen atoms in total. The summed E-state index contributed by atoms with van der Waals surface area (Å²) >= 11 is 0. The quantitative estimate of drug-likeness (QED) is 0.559. The summed E-state index contributed by atoms with van der Waals surface area (Å²) in [5.41, 5.74) is 7.26. The number of Topliss-reactive ketones (excluding diaryl/α,β-unsaturated/α-hetero) is 2. The van der Waals surface area contributed by atoms with Crippen molar-refractivity contribution in [2.75, 3.05) is 19.6 Å². The van der Waals surface area contributed by atoms with Crippen LogP contribution in [0.15, 0.2) is 94.6 Å². The minimum Gasteiger partial charge on any atom is -0.478 e. The molecule has 0 amide bonds. The molecule has 4 aliphatic rings. The Labute approximate surface area is 221 Å². The van der Waals surface area contributed by atoms with Gasteiger partial charge in [-0.15, -0.1) is 0 Å². The lowest BCUT2D eigenvalue weighted by Crippen LogP contribution is -2.43. The zero-order valence-electron chi connectivity index (χ0n) is 21.2. The molecule has 0 bridgehead atoms. The van der Waals surface area contributed by atoms with Gasteiger partial charge in [0.25, 0.3) is 0 Å². The molecule has 6 heteroatoms. The summed E-state index contributed by atoms with van der Waals surface area (Å²) in [4.78, 5) is 34.9. The molecule has 7 rings (SSSR count). The van der Waals surface area contributed by atoms with Crippen LogP contribution in [0.2, 0.25) is 0 Å². The molecular weight excluding hydrogens is 474 g/mol. The van der Waals surface area contributed by atoms with E-state index in [1.807, 2.05) is 31.2 Å². The lowest BCUT2D eigenvalue weighted by molar-refractivity contribution is 0.0978. The van der Waals surface area contributed by atoms with Crippen LogP contribution in [0.3, 0.4) is 0 Å². The summed E-state index contributed by atoms with van der Waals surface area (Å²) in [5, 5.41) is 3.49. The molecule has 0 saturated heterocycles. The Balaban J connectivity index is 1.22. The van der Waals surface area contributed by atoms with E-state index in [0.29, 0.717) is 51.7 Å². The molecule has 0 aromatic heterocycles. The fraction of sp³-hybridized carbons (Fsp3) is 0.219. The Morgan fingerprint density at radius 2 is 1.68 bits per heavy atom. The minimum absolute atomic E-state index is 0.156. The van der Waals surface area contributed by atoms with Gasteiger partial charge in [0.05, 0.1) is 16.9 Å². The first-order chi connectivity index (χ1) is 18.6. The molecule has 0 saturated carbocycles. The van der Waals surface area contributed by atoms with E-state index in [9.17, 15) is 9.59 Å². The first-order valence-electron chi connectivity index (χ1n) is 13.1. The van der Waals surface area contributed by atoms with Gasteiger partial charge in [-0.1, -0.05) is 54.6 Å². The number of allylic oxidation sites excluding steroid dienone is 1. The highest BCUT2D eigenvalue weighted by molar-refractivity contribution is 6.40. The Bertz CT molecular complexity index is 1610. The number of hydrogen-bond donors (Lipinski definition) is 1. The maximum atomic E-state index is 13.8. The van der Waals surface area contributed by atoms with E-state index >= 15 is 0 Å². The van der Waals surface area contributed by atoms with Crippen molar-refractivity contribution < 1.29 is 14.3 Å². The van der Waals surface area contributed by atoms with E-state index < -0.39 is 6.10 Å². The van der Waals surface area contributed by atoms with Crippen molar-refractivity contribution in [1.29, 1.82) is 0 Å². The summed E-state index contributed by atoms with van der Waals surface area (Å²) in [6, 6.07) is 21.5. The molecule has 1 unspecified atom stereocenters. The van der Waals surface area contributed by atoms with Gasteiger partial charge in [-0.05, 0) is 48.2 Å². The van der Waals surface area contributed by atoms with Crippen LogP contribution in [0, 0.1) is 6.92 Å². The van der Waals surface area contributed by atoms with E-state index in [0.717, 1.165) is 31.6 Å². The van der Waals surface area contributed by atoms with E-state index in [-0.39, 0.29) is 11.6 Å². The molecule has 2 aliphatic heterocycles. The van der Waals surface area contributed by atoms with Crippen molar-refractivity contribution in [3.63, 3.8) is 0 Å². The van der Waals surface area contributed by atoms with Gasteiger partial charge in [-0.2, -0.15) is 0 Å². The highest BCUT2D eigenvalue weighted by Crippen LogP contribution is 2.41. The molecule has 2 aliphatic carbocycles. The van der Waals surface area contributed by atoms with Gasteiger partial charge >= 0.3 is 0 Å². The third-order valence-electron chi connectivity index (χ3n) is 7.80. The predicted molar refractivity (Wildman–Crippen MR) is 146 cm³/mol. The average molecular weight is 502 g/mol. The summed E-state index contributed by atoms with van der Waals surface area (Å²) in [6.45, 7) is 5.36. The maximum Gasteiger partial charge on any atom is 0.196 e. The Kier molecular flexibility index (Phi) is 5.37. The van der Waals surface area contributed by atoms with Gasteiger partial charge in [0.15, 0.2) is 17.7 Å². The van der Waals surface area contributed by atoms with Crippen LogP contribution < -0.4 is 10.1 Å². The standard InChI is InChI=1S/C32H27N3O3/c1-19-10-11-26-24(16-19)34-30-27(38-26)17-25(28-29(30)32(37)23-9-5-4-8-22(23)31(28)36)33-13-15-35-14-12-20-6-2-3-7-21(20)18-35/h2-11,16-17,27,33H,12-15,18H2,1H3. The summed E-state index contributed by atoms with van der Waals surface area (Å²) in [6.07, 6.45) is 2.40. The Morgan fingerprint density at radius 1 is 0.947 bits per heavy atom. The van der Waals surface area contributed by atoms with E-state index in [1.165, 1.54) is 11.1 Å². The number of carbonyl (C=O) groups is 2. The second-order valence-electron chi connectivity index (χ2n) is 10.3. The number of ether oxygens (including phenoxy) is 1. The van der Waals surface area contributed by atoms with Gasteiger partial charge in [0.2, 0.25) is 0 Å². The largest absolute Gasteiger partial charge is 0.478 e. The molecule has 188 valence electrons. The summed E-state index contributed by atoms with van der Waals surface area (Å²) in [5.74, 6) is 0.335. The Morgan fingerprint density at radius 3 is 2.50 bits per heavy atom. The van der Waals surface area contributed by atoms with Crippen molar-refractivity contribution in [2.45, 2.75) is 26.0 Å². The van der Waals surface area contributed by atoms with Crippen molar-refractivity contribution >= 4 is 23.0 Å².